The molecule has 0 aliphatic rings. The molecule has 0 aliphatic carbocycles. The van der Waals surface area contributed by atoms with E-state index in [0.717, 1.165) is 17.2 Å². The van der Waals surface area contributed by atoms with Crippen molar-refractivity contribution in [1.82, 2.24) is 15.6 Å². The molecule has 0 bridgehead atoms. The van der Waals surface area contributed by atoms with Crippen LogP contribution in [0.1, 0.15) is 36.3 Å². The Bertz CT molecular complexity index is 381. The predicted molar refractivity (Wildman–Crippen MR) is 75.7 cm³/mol. The Labute approximate surface area is 113 Å². The number of rotatable bonds is 6. The maximum Gasteiger partial charge on any atom is 0.236 e. The second-order valence-corrected chi connectivity index (χ2v) is 6.28. The number of carbonyl (C=O) groups is 1. The van der Waals surface area contributed by atoms with E-state index < -0.39 is 0 Å². The van der Waals surface area contributed by atoms with Gasteiger partial charge in [0.15, 0.2) is 0 Å². The molecule has 0 saturated heterocycles. The van der Waals surface area contributed by atoms with E-state index in [0.29, 0.717) is 12.5 Å². The van der Waals surface area contributed by atoms with Crippen molar-refractivity contribution in [2.75, 3.05) is 6.54 Å². The normalized spacial score (nSPS) is 12.8. The van der Waals surface area contributed by atoms with Crippen molar-refractivity contribution in [3.8, 4) is 0 Å². The zero-order valence-electron chi connectivity index (χ0n) is 11.8. The number of aryl methyl sites for hydroxylation is 2. The molecule has 0 radical (unpaired) electrons. The van der Waals surface area contributed by atoms with Gasteiger partial charge in [-0.3, -0.25) is 10.1 Å². The largest absolute Gasteiger partial charge is 0.354 e. The van der Waals surface area contributed by atoms with Crippen LogP contribution in [-0.2, 0) is 11.3 Å². The molecule has 2 N–H and O–H groups in total. The highest BCUT2D eigenvalue weighted by atomic mass is 32.1. The predicted octanol–water partition coefficient (Wildman–Crippen LogP) is 2.01. The Hall–Kier alpha value is -0.940. The maximum absolute atomic E-state index is 11.8. The van der Waals surface area contributed by atoms with Gasteiger partial charge >= 0.3 is 0 Å². The fourth-order valence-electron chi connectivity index (χ4n) is 1.41. The van der Waals surface area contributed by atoms with Gasteiger partial charge in [-0.25, -0.2) is 4.98 Å². The first-order chi connectivity index (χ1) is 8.40. The highest BCUT2D eigenvalue weighted by Gasteiger charge is 2.13. The summed E-state index contributed by atoms with van der Waals surface area (Å²) < 4.78 is 0. The summed E-state index contributed by atoms with van der Waals surface area (Å²) in [6.45, 7) is 11.5. The molecule has 0 saturated carbocycles. The van der Waals surface area contributed by atoms with Crippen LogP contribution >= 0.6 is 11.3 Å². The van der Waals surface area contributed by atoms with Crippen molar-refractivity contribution in [2.45, 2.75) is 47.2 Å². The van der Waals surface area contributed by atoms with Crippen LogP contribution < -0.4 is 10.6 Å². The quantitative estimate of drug-likeness (QED) is 0.830. The Balaban J connectivity index is 2.36. The van der Waals surface area contributed by atoms with Gasteiger partial charge in [-0.15, -0.1) is 11.3 Å². The maximum atomic E-state index is 11.8. The molecule has 1 aromatic heterocycles. The molecule has 5 heteroatoms. The van der Waals surface area contributed by atoms with Crippen molar-refractivity contribution in [1.29, 1.82) is 0 Å². The lowest BCUT2D eigenvalue weighted by atomic mass is 10.2. The van der Waals surface area contributed by atoms with Crippen LogP contribution in [0.4, 0.5) is 0 Å². The third-order valence-corrected chi connectivity index (χ3v) is 3.78. The van der Waals surface area contributed by atoms with E-state index in [-0.39, 0.29) is 11.9 Å². The van der Waals surface area contributed by atoms with E-state index >= 15 is 0 Å². The Morgan fingerprint density at radius 1 is 1.33 bits per heavy atom. The van der Waals surface area contributed by atoms with Crippen LogP contribution in [0.2, 0.25) is 0 Å². The van der Waals surface area contributed by atoms with Gasteiger partial charge in [0.05, 0.1) is 11.7 Å². The fourth-order valence-corrected chi connectivity index (χ4v) is 2.29. The summed E-state index contributed by atoms with van der Waals surface area (Å²) >= 11 is 1.68. The molecule has 102 valence electrons. The SMILES string of the molecule is Cc1nc(CNC(C)C(=O)NCC(C)C)sc1C. The molecule has 0 fully saturated rings. The summed E-state index contributed by atoms with van der Waals surface area (Å²) in [5.74, 6) is 0.527. The number of thiazole rings is 1. The summed E-state index contributed by atoms with van der Waals surface area (Å²) in [6, 6.07) is -0.187. The molecule has 1 rings (SSSR count). The van der Waals surface area contributed by atoms with Gasteiger partial charge in [0.1, 0.15) is 5.01 Å². The number of nitrogens with zero attached hydrogens (tertiary/aromatic N) is 1. The van der Waals surface area contributed by atoms with E-state index in [1.165, 1.54) is 4.88 Å². The molecule has 1 amide bonds. The van der Waals surface area contributed by atoms with Gasteiger partial charge in [0.2, 0.25) is 5.91 Å². The lowest BCUT2D eigenvalue weighted by molar-refractivity contribution is -0.122. The molecule has 1 aromatic rings. The molecule has 1 unspecified atom stereocenters. The third-order valence-electron chi connectivity index (χ3n) is 2.71. The minimum atomic E-state index is -0.187. The van der Waals surface area contributed by atoms with Gasteiger partial charge in [-0.2, -0.15) is 0 Å². The zero-order chi connectivity index (χ0) is 13.7. The van der Waals surface area contributed by atoms with E-state index in [1.54, 1.807) is 11.3 Å². The third kappa shape index (κ3) is 4.74. The highest BCUT2D eigenvalue weighted by Crippen LogP contribution is 2.16. The zero-order valence-corrected chi connectivity index (χ0v) is 12.6. The molecular weight excluding hydrogens is 246 g/mol. The van der Waals surface area contributed by atoms with Gasteiger partial charge in [0, 0.05) is 18.0 Å². The highest BCUT2D eigenvalue weighted by molar-refractivity contribution is 7.11. The lowest BCUT2D eigenvalue weighted by Crippen LogP contribution is -2.42. The first-order valence-electron chi connectivity index (χ1n) is 6.34. The topological polar surface area (TPSA) is 54.0 Å². The average Bonchev–Trinajstić information content (AvgIpc) is 2.62. The van der Waals surface area contributed by atoms with Gasteiger partial charge in [-0.1, -0.05) is 13.8 Å². The summed E-state index contributed by atoms with van der Waals surface area (Å²) in [5, 5.41) is 7.15. The van der Waals surface area contributed by atoms with Crippen LogP contribution in [0.15, 0.2) is 0 Å². The molecule has 1 heterocycles. The average molecular weight is 269 g/mol. The van der Waals surface area contributed by atoms with Gasteiger partial charge in [-0.05, 0) is 26.7 Å². The number of carbonyl (C=O) groups excluding carboxylic acids is 1. The summed E-state index contributed by atoms with van der Waals surface area (Å²) in [6.07, 6.45) is 0. The Kier molecular flexibility index (Phi) is 5.75. The standard InChI is InChI=1S/C13H23N3OS/c1-8(2)6-15-13(17)10(4)14-7-12-16-9(3)11(5)18-12/h8,10,14H,6-7H2,1-5H3,(H,15,17). The number of hydrogen-bond donors (Lipinski definition) is 2. The lowest BCUT2D eigenvalue weighted by Gasteiger charge is -2.14. The van der Waals surface area contributed by atoms with Crippen molar-refractivity contribution in [2.24, 2.45) is 5.92 Å². The van der Waals surface area contributed by atoms with Crippen LogP contribution in [0, 0.1) is 19.8 Å². The molecule has 0 aliphatic heterocycles. The number of hydrogen-bond acceptors (Lipinski definition) is 4. The van der Waals surface area contributed by atoms with E-state index in [1.807, 2.05) is 13.8 Å². The minimum Gasteiger partial charge on any atom is -0.354 e. The van der Waals surface area contributed by atoms with Crippen molar-refractivity contribution >= 4 is 17.2 Å². The first kappa shape index (κ1) is 15.1. The van der Waals surface area contributed by atoms with Crippen molar-refractivity contribution < 1.29 is 4.79 Å². The molecule has 18 heavy (non-hydrogen) atoms. The van der Waals surface area contributed by atoms with Gasteiger partial charge < -0.3 is 5.32 Å². The van der Waals surface area contributed by atoms with E-state index in [4.69, 9.17) is 0 Å². The van der Waals surface area contributed by atoms with Crippen molar-refractivity contribution in [3.63, 3.8) is 0 Å². The van der Waals surface area contributed by atoms with Crippen LogP contribution in [0.3, 0.4) is 0 Å². The van der Waals surface area contributed by atoms with Gasteiger partial charge in [0.25, 0.3) is 0 Å². The number of aromatic nitrogens is 1. The number of nitrogens with one attached hydrogen (secondary N) is 2. The molecule has 0 spiro atoms. The van der Waals surface area contributed by atoms with E-state index in [2.05, 4.69) is 36.4 Å². The Morgan fingerprint density at radius 2 is 2.00 bits per heavy atom. The van der Waals surface area contributed by atoms with Crippen LogP contribution in [0.5, 0.6) is 0 Å². The molecule has 1 atom stereocenters. The molecule has 4 nitrogen and oxygen atoms in total. The van der Waals surface area contributed by atoms with Crippen molar-refractivity contribution in [3.05, 3.63) is 15.6 Å². The fraction of sp³-hybridized carbons (Fsp3) is 0.692. The minimum absolute atomic E-state index is 0.0497. The Morgan fingerprint density at radius 3 is 2.50 bits per heavy atom. The monoisotopic (exact) mass is 269 g/mol. The number of amides is 1. The summed E-state index contributed by atoms with van der Waals surface area (Å²) in [4.78, 5) is 17.4. The summed E-state index contributed by atoms with van der Waals surface area (Å²) in [5.41, 5.74) is 1.08. The second-order valence-electron chi connectivity index (χ2n) is 4.99. The van der Waals surface area contributed by atoms with E-state index in [9.17, 15) is 4.79 Å². The summed E-state index contributed by atoms with van der Waals surface area (Å²) in [7, 11) is 0. The second kappa shape index (κ2) is 6.85. The molecular formula is C13H23N3OS. The molecule has 0 aromatic carbocycles. The van der Waals surface area contributed by atoms with Crippen LogP contribution in [-0.4, -0.2) is 23.5 Å². The first-order valence-corrected chi connectivity index (χ1v) is 7.15. The van der Waals surface area contributed by atoms with Crippen LogP contribution in [0.25, 0.3) is 0 Å². The smallest absolute Gasteiger partial charge is 0.236 e.